The molecule has 1 unspecified atom stereocenters. The van der Waals surface area contributed by atoms with Gasteiger partial charge in [-0.3, -0.25) is 0 Å². The van der Waals surface area contributed by atoms with Gasteiger partial charge >= 0.3 is 0 Å². The Bertz CT molecular complexity index is 331. The highest BCUT2D eigenvalue weighted by Crippen LogP contribution is 2.26. The van der Waals surface area contributed by atoms with Gasteiger partial charge in [0.2, 0.25) is 0 Å². The van der Waals surface area contributed by atoms with Crippen molar-refractivity contribution in [2.45, 2.75) is 13.3 Å². The molecule has 1 aliphatic heterocycles. The molecule has 0 amide bonds. The maximum absolute atomic E-state index is 12.7. The summed E-state index contributed by atoms with van der Waals surface area (Å²) in [5.74, 6) is 0.621. The Morgan fingerprint density at radius 2 is 2.25 bits per heavy atom. The van der Waals surface area contributed by atoms with E-state index in [0.717, 1.165) is 11.1 Å². The predicted molar refractivity (Wildman–Crippen MR) is 45.7 cm³/mol. The van der Waals surface area contributed by atoms with Crippen molar-refractivity contribution in [2.75, 3.05) is 0 Å². The molecule has 2 rings (SSSR count). The fraction of sp³-hybridized carbons (Fsp3) is 0.200. The molecule has 0 saturated carbocycles. The van der Waals surface area contributed by atoms with E-state index in [4.69, 9.17) is 4.74 Å². The van der Waals surface area contributed by atoms with E-state index in [2.05, 4.69) is 0 Å². The SMILES string of the molecule is Cc1ccc2c(c1)C=CC(F)O2. The van der Waals surface area contributed by atoms with Crippen molar-refractivity contribution in [3.05, 3.63) is 35.4 Å². The average Bonchev–Trinajstić information content (AvgIpc) is 2.05. The lowest BCUT2D eigenvalue weighted by atomic mass is 10.1. The van der Waals surface area contributed by atoms with Gasteiger partial charge in [0, 0.05) is 5.56 Å². The zero-order chi connectivity index (χ0) is 8.55. The summed E-state index contributed by atoms with van der Waals surface area (Å²) >= 11 is 0. The van der Waals surface area contributed by atoms with Gasteiger partial charge in [0.1, 0.15) is 5.75 Å². The average molecular weight is 164 g/mol. The molecule has 0 N–H and O–H groups in total. The third kappa shape index (κ3) is 1.20. The lowest BCUT2D eigenvalue weighted by Gasteiger charge is -2.15. The van der Waals surface area contributed by atoms with Crippen LogP contribution in [0.25, 0.3) is 6.08 Å². The molecular weight excluding hydrogens is 155 g/mol. The largest absolute Gasteiger partial charge is 0.456 e. The zero-order valence-corrected chi connectivity index (χ0v) is 6.75. The lowest BCUT2D eigenvalue weighted by molar-refractivity contribution is 0.111. The van der Waals surface area contributed by atoms with Crippen molar-refractivity contribution in [3.63, 3.8) is 0 Å². The van der Waals surface area contributed by atoms with Crippen LogP contribution >= 0.6 is 0 Å². The first-order valence-electron chi connectivity index (χ1n) is 3.85. The molecule has 0 aromatic heterocycles. The first-order valence-corrected chi connectivity index (χ1v) is 3.85. The highest BCUT2D eigenvalue weighted by atomic mass is 19.1. The second-order valence-corrected chi connectivity index (χ2v) is 2.87. The summed E-state index contributed by atoms with van der Waals surface area (Å²) in [6, 6.07) is 5.67. The molecular formula is C10H9FO. The van der Waals surface area contributed by atoms with Crippen LogP contribution in [0.1, 0.15) is 11.1 Å². The molecule has 1 atom stereocenters. The maximum atomic E-state index is 12.7. The van der Waals surface area contributed by atoms with E-state index < -0.39 is 6.36 Å². The summed E-state index contributed by atoms with van der Waals surface area (Å²) in [6.07, 6.45) is 1.86. The summed E-state index contributed by atoms with van der Waals surface area (Å²) in [5, 5.41) is 0. The molecule has 62 valence electrons. The van der Waals surface area contributed by atoms with Gasteiger partial charge in [-0.05, 0) is 31.2 Å². The van der Waals surface area contributed by atoms with Crippen molar-refractivity contribution in [3.8, 4) is 5.75 Å². The minimum atomic E-state index is -1.29. The van der Waals surface area contributed by atoms with Crippen LogP contribution < -0.4 is 4.74 Å². The second kappa shape index (κ2) is 2.63. The second-order valence-electron chi connectivity index (χ2n) is 2.87. The summed E-state index contributed by atoms with van der Waals surface area (Å²) in [7, 11) is 0. The summed E-state index contributed by atoms with van der Waals surface area (Å²) in [5.41, 5.74) is 2.10. The predicted octanol–water partition coefficient (Wildman–Crippen LogP) is 2.70. The van der Waals surface area contributed by atoms with Crippen molar-refractivity contribution < 1.29 is 9.13 Å². The van der Waals surface area contributed by atoms with E-state index in [1.807, 2.05) is 19.1 Å². The van der Waals surface area contributed by atoms with Crippen LogP contribution in [0, 0.1) is 6.92 Å². The van der Waals surface area contributed by atoms with E-state index in [0.29, 0.717) is 5.75 Å². The Kier molecular flexibility index (Phi) is 1.61. The van der Waals surface area contributed by atoms with Gasteiger partial charge in [-0.25, -0.2) is 0 Å². The number of hydrogen-bond acceptors (Lipinski definition) is 1. The van der Waals surface area contributed by atoms with Crippen LogP contribution in [-0.4, -0.2) is 6.36 Å². The van der Waals surface area contributed by atoms with Crippen LogP contribution in [0.3, 0.4) is 0 Å². The van der Waals surface area contributed by atoms with Gasteiger partial charge in [0.15, 0.2) is 0 Å². The smallest absolute Gasteiger partial charge is 0.257 e. The van der Waals surface area contributed by atoms with Gasteiger partial charge in [0.25, 0.3) is 6.36 Å². The fourth-order valence-corrected chi connectivity index (χ4v) is 1.25. The van der Waals surface area contributed by atoms with Crippen molar-refractivity contribution in [2.24, 2.45) is 0 Å². The molecule has 1 aromatic rings. The Hall–Kier alpha value is -1.31. The number of fused-ring (bicyclic) bond motifs is 1. The van der Waals surface area contributed by atoms with Gasteiger partial charge in [0.05, 0.1) is 0 Å². The molecule has 0 radical (unpaired) electrons. The number of benzene rings is 1. The summed E-state index contributed by atoms with van der Waals surface area (Å²) < 4.78 is 17.6. The molecule has 1 aliphatic rings. The van der Waals surface area contributed by atoms with Crippen molar-refractivity contribution >= 4 is 6.08 Å². The maximum Gasteiger partial charge on any atom is 0.257 e. The summed E-state index contributed by atoms with van der Waals surface area (Å²) in [4.78, 5) is 0. The number of hydrogen-bond donors (Lipinski definition) is 0. The van der Waals surface area contributed by atoms with E-state index in [-0.39, 0.29) is 0 Å². The topological polar surface area (TPSA) is 9.23 Å². The van der Waals surface area contributed by atoms with Crippen LogP contribution in [0.2, 0.25) is 0 Å². The number of alkyl halides is 1. The van der Waals surface area contributed by atoms with E-state index >= 15 is 0 Å². The number of halogens is 1. The normalized spacial score (nSPS) is 20.0. The Labute approximate surface area is 70.5 Å². The molecule has 0 aliphatic carbocycles. The van der Waals surface area contributed by atoms with Gasteiger partial charge in [-0.1, -0.05) is 11.6 Å². The third-order valence-corrected chi connectivity index (χ3v) is 1.83. The van der Waals surface area contributed by atoms with Crippen LogP contribution in [0.5, 0.6) is 5.75 Å². The Morgan fingerprint density at radius 3 is 3.08 bits per heavy atom. The third-order valence-electron chi connectivity index (χ3n) is 1.83. The van der Waals surface area contributed by atoms with Crippen molar-refractivity contribution in [1.29, 1.82) is 0 Å². The highest BCUT2D eigenvalue weighted by molar-refractivity contribution is 5.60. The van der Waals surface area contributed by atoms with Crippen LogP contribution in [0.4, 0.5) is 4.39 Å². The minimum absolute atomic E-state index is 0.621. The number of aryl methyl sites for hydroxylation is 1. The van der Waals surface area contributed by atoms with Gasteiger partial charge in [-0.15, -0.1) is 0 Å². The first kappa shape index (κ1) is 7.35. The Morgan fingerprint density at radius 1 is 1.42 bits per heavy atom. The quantitative estimate of drug-likeness (QED) is 0.572. The van der Waals surface area contributed by atoms with Crippen LogP contribution in [-0.2, 0) is 0 Å². The molecule has 1 aromatic carbocycles. The van der Waals surface area contributed by atoms with E-state index in [1.54, 1.807) is 12.1 Å². The molecule has 1 heterocycles. The van der Waals surface area contributed by atoms with Crippen molar-refractivity contribution in [1.82, 2.24) is 0 Å². The molecule has 2 heteroatoms. The number of ether oxygens (including phenoxy) is 1. The highest BCUT2D eigenvalue weighted by Gasteiger charge is 2.11. The van der Waals surface area contributed by atoms with E-state index in [9.17, 15) is 4.39 Å². The molecule has 0 spiro atoms. The molecule has 0 bridgehead atoms. The van der Waals surface area contributed by atoms with Gasteiger partial charge in [-0.2, -0.15) is 4.39 Å². The standard InChI is InChI=1S/C10H9FO/c1-7-2-4-9-8(6-7)3-5-10(11)12-9/h2-6,10H,1H3. The number of rotatable bonds is 0. The molecule has 0 saturated heterocycles. The summed E-state index contributed by atoms with van der Waals surface area (Å²) in [6.45, 7) is 2.00. The minimum Gasteiger partial charge on any atom is -0.456 e. The lowest BCUT2D eigenvalue weighted by Crippen LogP contribution is -2.10. The van der Waals surface area contributed by atoms with Gasteiger partial charge < -0.3 is 4.74 Å². The molecule has 1 nitrogen and oxygen atoms in total. The molecule has 12 heavy (non-hydrogen) atoms. The van der Waals surface area contributed by atoms with Crippen LogP contribution in [0.15, 0.2) is 24.3 Å². The Balaban J connectivity index is 2.47. The monoisotopic (exact) mass is 164 g/mol. The molecule has 0 fully saturated rings. The fourth-order valence-electron chi connectivity index (χ4n) is 1.25. The first-order chi connectivity index (χ1) is 5.75. The zero-order valence-electron chi connectivity index (χ0n) is 6.75. The van der Waals surface area contributed by atoms with E-state index in [1.165, 1.54) is 6.08 Å².